The Bertz CT molecular complexity index is 696. The summed E-state index contributed by atoms with van der Waals surface area (Å²) in [5.74, 6) is 0.854. The second kappa shape index (κ2) is 7.93. The van der Waals surface area contributed by atoms with E-state index in [4.69, 9.17) is 13.9 Å². The lowest BCUT2D eigenvalue weighted by Crippen LogP contribution is -2.46. The summed E-state index contributed by atoms with van der Waals surface area (Å²) in [7, 11) is 0. The first kappa shape index (κ1) is 17.1. The molecule has 1 aromatic carbocycles. The van der Waals surface area contributed by atoms with E-state index in [2.05, 4.69) is 4.90 Å². The number of amides is 1. The van der Waals surface area contributed by atoms with Crippen molar-refractivity contribution in [3.8, 4) is 0 Å². The van der Waals surface area contributed by atoms with Crippen LogP contribution in [0.3, 0.4) is 0 Å². The standard InChI is InChI=1S/C20H24N2O4/c23-20(26-15-16-5-2-1-3-6-16)21-10-8-17(9-11-21)22-12-14-25-19(22)18-7-4-13-24-18/h1-7,13,17,19H,8-12,14-15H2. The molecule has 1 atom stereocenters. The molecule has 4 rings (SSSR count). The number of rotatable bonds is 4. The van der Waals surface area contributed by atoms with Crippen LogP contribution in [0.2, 0.25) is 0 Å². The van der Waals surface area contributed by atoms with Gasteiger partial charge in [-0.1, -0.05) is 30.3 Å². The molecule has 1 unspecified atom stereocenters. The van der Waals surface area contributed by atoms with Gasteiger partial charge in [-0.25, -0.2) is 4.79 Å². The summed E-state index contributed by atoms with van der Waals surface area (Å²) in [6.07, 6.45) is 3.18. The normalized spacial score (nSPS) is 21.8. The van der Waals surface area contributed by atoms with E-state index in [9.17, 15) is 4.79 Å². The van der Waals surface area contributed by atoms with Crippen molar-refractivity contribution in [2.75, 3.05) is 26.2 Å². The Hall–Kier alpha value is -2.31. The number of hydrogen-bond donors (Lipinski definition) is 0. The highest BCUT2D eigenvalue weighted by atomic mass is 16.6. The summed E-state index contributed by atoms with van der Waals surface area (Å²) < 4.78 is 16.8. The second-order valence-corrected chi connectivity index (χ2v) is 6.73. The highest BCUT2D eigenvalue weighted by Gasteiger charge is 2.36. The Kier molecular flexibility index (Phi) is 5.22. The van der Waals surface area contributed by atoms with Crippen LogP contribution in [0.4, 0.5) is 4.79 Å². The molecule has 6 nitrogen and oxygen atoms in total. The van der Waals surface area contributed by atoms with Crippen molar-refractivity contribution in [3.63, 3.8) is 0 Å². The van der Waals surface area contributed by atoms with Crippen LogP contribution < -0.4 is 0 Å². The predicted octanol–water partition coefficient (Wildman–Crippen LogP) is 3.41. The predicted molar refractivity (Wildman–Crippen MR) is 95.3 cm³/mol. The zero-order valence-electron chi connectivity index (χ0n) is 14.8. The van der Waals surface area contributed by atoms with Crippen molar-refractivity contribution in [1.82, 2.24) is 9.80 Å². The Morgan fingerprint density at radius 2 is 1.88 bits per heavy atom. The van der Waals surface area contributed by atoms with Crippen molar-refractivity contribution in [1.29, 1.82) is 0 Å². The lowest BCUT2D eigenvalue weighted by atomic mass is 10.0. The maximum atomic E-state index is 12.3. The molecule has 2 saturated heterocycles. The summed E-state index contributed by atoms with van der Waals surface area (Å²) in [4.78, 5) is 16.5. The fraction of sp³-hybridized carbons (Fsp3) is 0.450. The molecule has 0 N–H and O–H groups in total. The van der Waals surface area contributed by atoms with Gasteiger partial charge in [-0.3, -0.25) is 4.90 Å². The molecule has 0 saturated carbocycles. The molecule has 2 aromatic rings. The van der Waals surface area contributed by atoms with Gasteiger partial charge in [0.15, 0.2) is 6.23 Å². The van der Waals surface area contributed by atoms with Gasteiger partial charge in [-0.05, 0) is 30.5 Å². The fourth-order valence-electron chi connectivity index (χ4n) is 3.72. The summed E-state index contributed by atoms with van der Waals surface area (Å²) in [5, 5.41) is 0. The van der Waals surface area contributed by atoms with Gasteiger partial charge in [0.25, 0.3) is 0 Å². The van der Waals surface area contributed by atoms with E-state index in [-0.39, 0.29) is 12.3 Å². The molecule has 0 bridgehead atoms. The average molecular weight is 356 g/mol. The zero-order valence-corrected chi connectivity index (χ0v) is 14.8. The van der Waals surface area contributed by atoms with Crippen LogP contribution in [0.15, 0.2) is 53.1 Å². The molecule has 2 aliphatic rings. The third-order valence-corrected chi connectivity index (χ3v) is 5.11. The highest BCUT2D eigenvalue weighted by Crippen LogP contribution is 2.32. The van der Waals surface area contributed by atoms with Crippen LogP contribution in [0, 0.1) is 0 Å². The molecular formula is C20H24N2O4. The third kappa shape index (κ3) is 3.76. The van der Waals surface area contributed by atoms with Gasteiger partial charge in [-0.15, -0.1) is 0 Å². The minimum absolute atomic E-state index is 0.105. The van der Waals surface area contributed by atoms with Gasteiger partial charge >= 0.3 is 6.09 Å². The minimum Gasteiger partial charge on any atom is -0.465 e. The van der Waals surface area contributed by atoms with Crippen LogP contribution in [0.1, 0.15) is 30.4 Å². The van der Waals surface area contributed by atoms with Crippen molar-refractivity contribution in [3.05, 3.63) is 60.1 Å². The fourth-order valence-corrected chi connectivity index (χ4v) is 3.72. The summed E-state index contributed by atoms with van der Waals surface area (Å²) in [6, 6.07) is 14.0. The van der Waals surface area contributed by atoms with Crippen LogP contribution in [0.25, 0.3) is 0 Å². The lowest BCUT2D eigenvalue weighted by molar-refractivity contribution is -0.0188. The van der Waals surface area contributed by atoms with E-state index in [0.717, 1.165) is 30.7 Å². The summed E-state index contributed by atoms with van der Waals surface area (Å²) in [5.41, 5.74) is 1.01. The Balaban J connectivity index is 1.28. The smallest absolute Gasteiger partial charge is 0.410 e. The number of likely N-dealkylation sites (tertiary alicyclic amines) is 1. The molecule has 0 spiro atoms. The maximum Gasteiger partial charge on any atom is 0.410 e. The topological polar surface area (TPSA) is 55.2 Å². The third-order valence-electron chi connectivity index (χ3n) is 5.11. The van der Waals surface area contributed by atoms with Crippen LogP contribution in [-0.2, 0) is 16.1 Å². The number of ether oxygens (including phenoxy) is 2. The second-order valence-electron chi connectivity index (χ2n) is 6.73. The number of carbonyl (C=O) groups excluding carboxylic acids is 1. The van der Waals surface area contributed by atoms with E-state index in [1.54, 1.807) is 11.2 Å². The molecule has 138 valence electrons. The van der Waals surface area contributed by atoms with E-state index in [1.807, 2.05) is 42.5 Å². The van der Waals surface area contributed by atoms with Gasteiger partial charge in [0, 0.05) is 25.7 Å². The minimum atomic E-state index is -0.229. The quantitative estimate of drug-likeness (QED) is 0.840. The molecule has 0 aliphatic carbocycles. The van der Waals surface area contributed by atoms with E-state index >= 15 is 0 Å². The molecule has 1 aromatic heterocycles. The molecule has 2 fully saturated rings. The lowest BCUT2D eigenvalue weighted by Gasteiger charge is -2.37. The Labute approximate surface area is 153 Å². The number of piperidine rings is 1. The number of benzene rings is 1. The van der Waals surface area contributed by atoms with Crippen molar-refractivity contribution < 1.29 is 18.7 Å². The number of nitrogens with zero attached hydrogens (tertiary/aromatic N) is 2. The van der Waals surface area contributed by atoms with Crippen molar-refractivity contribution in [2.45, 2.75) is 31.7 Å². The molecule has 26 heavy (non-hydrogen) atoms. The maximum absolute atomic E-state index is 12.3. The van der Waals surface area contributed by atoms with Gasteiger partial charge in [0.2, 0.25) is 0 Å². The Morgan fingerprint density at radius 3 is 2.62 bits per heavy atom. The van der Waals surface area contributed by atoms with Gasteiger partial charge < -0.3 is 18.8 Å². The SMILES string of the molecule is O=C(OCc1ccccc1)N1CCC(N2CCOC2c2ccco2)CC1. The molecule has 0 radical (unpaired) electrons. The molecule has 6 heteroatoms. The monoisotopic (exact) mass is 356 g/mol. The molecule has 3 heterocycles. The van der Waals surface area contributed by atoms with Crippen molar-refractivity contribution in [2.24, 2.45) is 0 Å². The average Bonchev–Trinajstić information content (AvgIpc) is 3.38. The molecular weight excluding hydrogens is 332 g/mol. The first-order valence-corrected chi connectivity index (χ1v) is 9.17. The first-order chi connectivity index (χ1) is 12.8. The van der Waals surface area contributed by atoms with Gasteiger partial charge in [0.05, 0.1) is 12.9 Å². The number of carbonyl (C=O) groups is 1. The molecule has 2 aliphatic heterocycles. The molecule has 1 amide bonds. The summed E-state index contributed by atoms with van der Waals surface area (Å²) in [6.45, 7) is 3.35. The first-order valence-electron chi connectivity index (χ1n) is 9.17. The van der Waals surface area contributed by atoms with Crippen molar-refractivity contribution >= 4 is 6.09 Å². The van der Waals surface area contributed by atoms with E-state index in [1.165, 1.54) is 0 Å². The van der Waals surface area contributed by atoms with Gasteiger partial charge in [-0.2, -0.15) is 0 Å². The Morgan fingerprint density at radius 1 is 1.08 bits per heavy atom. The largest absolute Gasteiger partial charge is 0.465 e. The van der Waals surface area contributed by atoms with Crippen LogP contribution in [0.5, 0.6) is 0 Å². The number of furan rings is 1. The van der Waals surface area contributed by atoms with Crippen LogP contribution in [-0.4, -0.2) is 48.2 Å². The van der Waals surface area contributed by atoms with E-state index in [0.29, 0.717) is 32.3 Å². The zero-order chi connectivity index (χ0) is 17.8. The number of hydrogen-bond acceptors (Lipinski definition) is 5. The van der Waals surface area contributed by atoms with E-state index < -0.39 is 0 Å². The van der Waals surface area contributed by atoms with Crippen LogP contribution >= 0.6 is 0 Å². The highest BCUT2D eigenvalue weighted by molar-refractivity contribution is 5.67. The van der Waals surface area contributed by atoms with Gasteiger partial charge in [0.1, 0.15) is 12.4 Å². The summed E-state index contributed by atoms with van der Waals surface area (Å²) >= 11 is 0.